The molecule has 6 nitrogen and oxygen atoms in total. The number of rotatable bonds is 5. The van der Waals surface area contributed by atoms with Crippen LogP contribution >= 0.6 is 46.4 Å². The van der Waals surface area contributed by atoms with E-state index in [4.69, 9.17) is 62.3 Å². The largest absolute Gasteiger partial charge is 0.462 e. The Morgan fingerprint density at radius 3 is 1.77 bits per heavy atom. The van der Waals surface area contributed by atoms with Crippen molar-refractivity contribution in [1.29, 1.82) is 0 Å². The van der Waals surface area contributed by atoms with E-state index in [1.807, 2.05) is 30.3 Å². The molecule has 2 amide bonds. The van der Waals surface area contributed by atoms with E-state index in [-0.39, 0.29) is 23.8 Å². The summed E-state index contributed by atoms with van der Waals surface area (Å²) in [4.78, 5) is 23.4. The molecule has 2 unspecified atom stereocenters. The molecular weight excluding hydrogens is 615 g/mol. The number of nitrogens with one attached hydrogen (secondary N) is 2. The molecule has 0 radical (unpaired) electrons. The van der Waals surface area contributed by atoms with Crippen molar-refractivity contribution in [3.63, 3.8) is 0 Å². The Morgan fingerprint density at radius 2 is 1.32 bits per heavy atom. The molecule has 0 aromatic heterocycles. The SMILES string of the molecule is C#CCC(Cl)(Cl)C1NC(=O)/C(=C/c2ccc(C(F)(F)F)cc2)O1.CC(Cl)(Cl)C1NC(=O)/C(=C/c2ccccc2)O1. The van der Waals surface area contributed by atoms with Gasteiger partial charge < -0.3 is 20.1 Å². The number of alkyl halides is 7. The van der Waals surface area contributed by atoms with Crippen LogP contribution in [0.15, 0.2) is 66.1 Å². The van der Waals surface area contributed by atoms with Crippen LogP contribution < -0.4 is 10.6 Å². The highest BCUT2D eigenvalue weighted by atomic mass is 35.5. The van der Waals surface area contributed by atoms with Gasteiger partial charge >= 0.3 is 6.18 Å². The summed E-state index contributed by atoms with van der Waals surface area (Å²) in [5, 5.41) is 4.99. The third kappa shape index (κ3) is 8.48. The maximum absolute atomic E-state index is 12.5. The van der Waals surface area contributed by atoms with Gasteiger partial charge in [-0.1, -0.05) is 88.9 Å². The molecule has 2 fully saturated rings. The number of ether oxygens (including phenoxy) is 2. The second-order valence-electron chi connectivity index (χ2n) is 8.59. The van der Waals surface area contributed by atoms with Gasteiger partial charge in [-0.25, -0.2) is 0 Å². The first-order chi connectivity index (χ1) is 18.6. The van der Waals surface area contributed by atoms with Gasteiger partial charge in [0.05, 0.1) is 5.56 Å². The average molecular weight is 636 g/mol. The first kappa shape index (κ1) is 31.5. The van der Waals surface area contributed by atoms with E-state index >= 15 is 0 Å². The highest BCUT2D eigenvalue weighted by Crippen LogP contribution is 2.35. The van der Waals surface area contributed by atoms with E-state index in [0.717, 1.165) is 17.7 Å². The Morgan fingerprint density at radius 1 is 0.850 bits per heavy atom. The lowest BCUT2D eigenvalue weighted by atomic mass is 10.1. The molecule has 2 saturated heterocycles. The summed E-state index contributed by atoms with van der Waals surface area (Å²) in [5.41, 5.74) is 0.448. The molecule has 40 heavy (non-hydrogen) atoms. The Labute approximate surface area is 248 Å². The maximum atomic E-state index is 12.5. The topological polar surface area (TPSA) is 76.7 Å². The molecule has 2 aliphatic rings. The minimum atomic E-state index is -4.43. The van der Waals surface area contributed by atoms with Crippen LogP contribution in [0.4, 0.5) is 13.2 Å². The monoisotopic (exact) mass is 634 g/mol. The Bertz CT molecular complexity index is 1330. The highest BCUT2D eigenvalue weighted by molar-refractivity contribution is 6.49. The molecule has 2 heterocycles. The second-order valence-corrected chi connectivity index (χ2v) is 11.9. The van der Waals surface area contributed by atoms with Crippen LogP contribution in [0.2, 0.25) is 0 Å². The fourth-order valence-corrected chi connectivity index (χ4v) is 3.82. The molecule has 2 aromatic rings. The van der Waals surface area contributed by atoms with Crippen molar-refractivity contribution in [3.05, 3.63) is 82.8 Å². The molecule has 2 aromatic carbocycles. The number of hydrogen-bond donors (Lipinski definition) is 2. The van der Waals surface area contributed by atoms with E-state index in [9.17, 15) is 22.8 Å². The van der Waals surface area contributed by atoms with Crippen LogP contribution in [0.1, 0.15) is 30.0 Å². The predicted molar refractivity (Wildman–Crippen MR) is 148 cm³/mol. The summed E-state index contributed by atoms with van der Waals surface area (Å²) < 4.78 is 45.5. The number of terminal acetylenes is 1. The van der Waals surface area contributed by atoms with Crippen LogP contribution in [0.3, 0.4) is 0 Å². The van der Waals surface area contributed by atoms with Crippen LogP contribution in [0.25, 0.3) is 12.2 Å². The zero-order valence-electron chi connectivity index (χ0n) is 20.6. The molecule has 212 valence electrons. The fraction of sp³-hybridized carbons (Fsp3) is 0.259. The minimum absolute atomic E-state index is 0.0609. The Balaban J connectivity index is 0.000000230. The smallest absolute Gasteiger partial charge is 0.416 e. The van der Waals surface area contributed by atoms with Crippen molar-refractivity contribution >= 4 is 70.4 Å². The van der Waals surface area contributed by atoms with Crippen molar-refractivity contribution in [3.8, 4) is 12.3 Å². The number of carbonyl (C=O) groups is 2. The predicted octanol–water partition coefficient (Wildman–Crippen LogP) is 6.41. The molecule has 2 N–H and O–H groups in total. The fourth-order valence-electron chi connectivity index (χ4n) is 3.27. The number of hydrogen-bond acceptors (Lipinski definition) is 4. The molecule has 4 rings (SSSR count). The molecule has 2 atom stereocenters. The van der Waals surface area contributed by atoms with Crippen molar-refractivity contribution in [2.24, 2.45) is 0 Å². The lowest BCUT2D eigenvalue weighted by molar-refractivity contribution is -0.137. The van der Waals surface area contributed by atoms with Gasteiger partial charge in [0.15, 0.2) is 20.2 Å². The van der Waals surface area contributed by atoms with Crippen molar-refractivity contribution in [1.82, 2.24) is 10.6 Å². The van der Waals surface area contributed by atoms with Crippen LogP contribution in [-0.2, 0) is 25.2 Å². The normalized spacial score (nSPS) is 21.1. The molecule has 0 bridgehead atoms. The number of amides is 2. The van der Waals surface area contributed by atoms with E-state index in [1.165, 1.54) is 18.2 Å². The van der Waals surface area contributed by atoms with Crippen molar-refractivity contribution < 1.29 is 32.2 Å². The molecule has 0 aliphatic carbocycles. The molecule has 0 spiro atoms. The van der Waals surface area contributed by atoms with Crippen LogP contribution in [0.5, 0.6) is 0 Å². The van der Waals surface area contributed by atoms with Gasteiger partial charge in [-0.15, -0.1) is 12.3 Å². The highest BCUT2D eigenvalue weighted by Gasteiger charge is 2.43. The zero-order chi connectivity index (χ0) is 29.7. The molecular formula is C27H21Cl4F3N2O4. The lowest BCUT2D eigenvalue weighted by Gasteiger charge is -2.22. The third-order valence-electron chi connectivity index (χ3n) is 5.28. The van der Waals surface area contributed by atoms with E-state index in [1.54, 1.807) is 13.0 Å². The van der Waals surface area contributed by atoms with Gasteiger partial charge in [-0.05, 0) is 42.3 Å². The van der Waals surface area contributed by atoms with Crippen molar-refractivity contribution in [2.75, 3.05) is 0 Å². The third-order valence-corrected chi connectivity index (χ3v) is 6.34. The summed E-state index contributed by atoms with van der Waals surface area (Å²) in [6.07, 6.45) is 1.80. The summed E-state index contributed by atoms with van der Waals surface area (Å²) in [6.45, 7) is 1.56. The number of benzene rings is 2. The number of carbonyl (C=O) groups excluding carboxylic acids is 2. The van der Waals surface area contributed by atoms with Gasteiger partial charge in [0.1, 0.15) is 0 Å². The number of halogens is 7. The summed E-state index contributed by atoms with van der Waals surface area (Å²) in [7, 11) is 0. The Kier molecular flexibility index (Phi) is 9.96. The van der Waals surface area contributed by atoms with Gasteiger partial charge in [0.25, 0.3) is 11.8 Å². The standard InChI is InChI=1S/C15H10Cl2F3NO2.C12H11Cl2NO2/c1-2-7-14(16,17)13-21-12(22)11(23-13)8-9-3-5-10(6-4-9)15(18,19)20;1-12(13,14)11-15-10(16)9(17-11)7-8-5-3-2-4-6-8/h1,3-6,8,13H,7H2,(H,21,22);2-7,11H,1H3,(H,15,16)/b11-8-;9-7-. The van der Waals surface area contributed by atoms with Crippen LogP contribution in [-0.4, -0.2) is 32.9 Å². The summed E-state index contributed by atoms with van der Waals surface area (Å²) in [6, 6.07) is 13.6. The van der Waals surface area contributed by atoms with Gasteiger partial charge in [0, 0.05) is 6.42 Å². The maximum Gasteiger partial charge on any atom is 0.416 e. The van der Waals surface area contributed by atoms with Crippen molar-refractivity contribution in [2.45, 2.75) is 40.6 Å². The first-order valence-electron chi connectivity index (χ1n) is 11.4. The Hall–Kier alpha value is -3.03. The summed E-state index contributed by atoms with van der Waals surface area (Å²) >= 11 is 23.7. The molecule has 13 heteroatoms. The summed E-state index contributed by atoms with van der Waals surface area (Å²) in [5.74, 6) is 1.47. The van der Waals surface area contributed by atoms with Gasteiger partial charge in [0.2, 0.25) is 12.5 Å². The first-order valence-corrected chi connectivity index (χ1v) is 12.9. The van der Waals surface area contributed by atoms with Gasteiger partial charge in [-0.2, -0.15) is 13.2 Å². The van der Waals surface area contributed by atoms with Gasteiger partial charge in [-0.3, -0.25) is 9.59 Å². The second kappa shape index (κ2) is 12.6. The molecule has 0 saturated carbocycles. The quantitative estimate of drug-likeness (QED) is 0.226. The minimum Gasteiger partial charge on any atom is -0.462 e. The molecule has 2 aliphatic heterocycles. The zero-order valence-corrected chi connectivity index (χ0v) is 23.6. The lowest BCUT2D eigenvalue weighted by Crippen LogP contribution is -2.41. The van der Waals surface area contributed by atoms with Crippen LogP contribution in [0, 0.1) is 12.3 Å². The van der Waals surface area contributed by atoms with E-state index in [0.29, 0.717) is 5.56 Å². The average Bonchev–Trinajstić information content (AvgIpc) is 3.43. The van der Waals surface area contributed by atoms with E-state index in [2.05, 4.69) is 16.6 Å². The van der Waals surface area contributed by atoms with E-state index < -0.39 is 38.8 Å².